The van der Waals surface area contributed by atoms with E-state index in [1.165, 1.54) is 11.1 Å². The Morgan fingerprint density at radius 3 is 2.96 bits per heavy atom. The molecule has 6 heteroatoms. The summed E-state index contributed by atoms with van der Waals surface area (Å²) in [6.07, 6.45) is 4.24. The molecule has 2 N–H and O–H groups in total. The van der Waals surface area contributed by atoms with Crippen LogP contribution in [0.4, 0.5) is 0 Å². The summed E-state index contributed by atoms with van der Waals surface area (Å²) in [4.78, 5) is 17.2. The summed E-state index contributed by atoms with van der Waals surface area (Å²) in [6.45, 7) is 4.63. The van der Waals surface area contributed by atoms with Crippen LogP contribution >= 0.6 is 0 Å². The number of hydrogen-bond acceptors (Lipinski definition) is 3. The smallest absolute Gasteiger partial charge is 0.221 e. The van der Waals surface area contributed by atoms with Gasteiger partial charge in [0.1, 0.15) is 5.65 Å². The molecule has 4 heterocycles. The molecule has 1 aromatic carbocycles. The van der Waals surface area contributed by atoms with Crippen molar-refractivity contribution in [2.75, 3.05) is 0 Å². The Hall–Kier alpha value is -3.41. The van der Waals surface area contributed by atoms with Gasteiger partial charge in [0.2, 0.25) is 5.91 Å². The van der Waals surface area contributed by atoms with E-state index in [2.05, 4.69) is 52.0 Å². The number of aromatic amines is 1. The van der Waals surface area contributed by atoms with Gasteiger partial charge in [0.25, 0.3) is 0 Å². The maximum Gasteiger partial charge on any atom is 0.221 e. The maximum atomic E-state index is 12.5. The molecule has 3 aromatic heterocycles. The quantitative estimate of drug-likeness (QED) is 0.566. The first-order valence-corrected chi connectivity index (χ1v) is 9.45. The van der Waals surface area contributed by atoms with Crippen LogP contribution in [0, 0.1) is 13.8 Å². The number of hydrogen-bond donors (Lipinski definition) is 2. The zero-order valence-corrected chi connectivity index (χ0v) is 15.9. The molecule has 1 amide bonds. The summed E-state index contributed by atoms with van der Waals surface area (Å²) in [5.74, 6) is -0.0932. The molecule has 5 rings (SSSR count). The molecule has 0 saturated heterocycles. The van der Waals surface area contributed by atoms with Crippen molar-refractivity contribution in [1.29, 1.82) is 0 Å². The first kappa shape index (κ1) is 16.7. The lowest BCUT2D eigenvalue weighted by molar-refractivity contribution is -0.121. The van der Waals surface area contributed by atoms with E-state index >= 15 is 0 Å². The van der Waals surface area contributed by atoms with E-state index in [0.717, 1.165) is 33.9 Å². The van der Waals surface area contributed by atoms with Crippen LogP contribution in [0.2, 0.25) is 0 Å². The first-order valence-electron chi connectivity index (χ1n) is 9.45. The SMILES string of the molecule is Cc1ccc(C)c(-c2[nH]ncc2[C@@H]2CC(=O)NCc3nc4ccccn4c32)c1. The number of imidazole rings is 1. The van der Waals surface area contributed by atoms with Gasteiger partial charge in [-0.3, -0.25) is 9.89 Å². The van der Waals surface area contributed by atoms with E-state index in [1.807, 2.05) is 30.6 Å². The van der Waals surface area contributed by atoms with Gasteiger partial charge in [-0.2, -0.15) is 5.10 Å². The van der Waals surface area contributed by atoms with Crippen molar-refractivity contribution in [2.24, 2.45) is 0 Å². The van der Waals surface area contributed by atoms with E-state index in [1.54, 1.807) is 0 Å². The number of carbonyl (C=O) groups is 1. The van der Waals surface area contributed by atoms with Crippen molar-refractivity contribution in [1.82, 2.24) is 24.9 Å². The topological polar surface area (TPSA) is 75.1 Å². The van der Waals surface area contributed by atoms with Crippen LogP contribution in [0.1, 0.15) is 40.4 Å². The molecule has 0 saturated carbocycles. The molecule has 4 aromatic rings. The molecule has 1 aliphatic rings. The number of pyridine rings is 1. The summed E-state index contributed by atoms with van der Waals surface area (Å²) in [7, 11) is 0. The number of nitrogens with zero attached hydrogens (tertiary/aromatic N) is 3. The molecule has 0 aliphatic carbocycles. The number of fused-ring (bicyclic) bond motifs is 3. The lowest BCUT2D eigenvalue weighted by Gasteiger charge is -2.17. The molecule has 1 aliphatic heterocycles. The Kier molecular flexibility index (Phi) is 3.79. The Morgan fingerprint density at radius 1 is 1.18 bits per heavy atom. The Morgan fingerprint density at radius 2 is 2.07 bits per heavy atom. The van der Waals surface area contributed by atoms with E-state index in [-0.39, 0.29) is 11.8 Å². The van der Waals surface area contributed by atoms with Crippen LogP contribution in [0.5, 0.6) is 0 Å². The fourth-order valence-electron chi connectivity index (χ4n) is 4.14. The predicted molar refractivity (Wildman–Crippen MR) is 107 cm³/mol. The number of aromatic nitrogens is 4. The highest BCUT2D eigenvalue weighted by molar-refractivity contribution is 5.80. The molecule has 6 nitrogen and oxygen atoms in total. The molecule has 0 fully saturated rings. The number of benzene rings is 1. The highest BCUT2D eigenvalue weighted by Gasteiger charge is 2.31. The fourth-order valence-corrected chi connectivity index (χ4v) is 4.14. The number of H-pyrrole nitrogens is 1. The Bertz CT molecular complexity index is 1200. The van der Waals surface area contributed by atoms with Crippen molar-refractivity contribution < 1.29 is 4.79 Å². The molecule has 0 unspecified atom stereocenters. The van der Waals surface area contributed by atoms with Gasteiger partial charge in [-0.25, -0.2) is 4.98 Å². The molecule has 0 radical (unpaired) electrons. The molecule has 0 spiro atoms. The van der Waals surface area contributed by atoms with Crippen molar-refractivity contribution in [3.8, 4) is 11.3 Å². The zero-order valence-electron chi connectivity index (χ0n) is 15.9. The van der Waals surface area contributed by atoms with Gasteiger partial charge in [-0.05, 0) is 37.6 Å². The average Bonchev–Trinajstić information content (AvgIpc) is 3.27. The maximum absolute atomic E-state index is 12.5. The summed E-state index contributed by atoms with van der Waals surface area (Å²) >= 11 is 0. The predicted octanol–water partition coefficient (Wildman–Crippen LogP) is 3.49. The van der Waals surface area contributed by atoms with Crippen molar-refractivity contribution in [3.63, 3.8) is 0 Å². The van der Waals surface area contributed by atoms with Gasteiger partial charge in [-0.1, -0.05) is 23.8 Å². The summed E-state index contributed by atoms with van der Waals surface area (Å²) in [5, 5.41) is 10.5. The van der Waals surface area contributed by atoms with Crippen LogP contribution in [0.15, 0.2) is 48.8 Å². The zero-order chi connectivity index (χ0) is 19.3. The van der Waals surface area contributed by atoms with Crippen LogP contribution in [-0.2, 0) is 11.3 Å². The third kappa shape index (κ3) is 2.60. The van der Waals surface area contributed by atoms with Gasteiger partial charge in [0.05, 0.1) is 29.8 Å². The molecule has 0 bridgehead atoms. The summed E-state index contributed by atoms with van der Waals surface area (Å²) in [6, 6.07) is 12.4. The van der Waals surface area contributed by atoms with E-state index in [4.69, 9.17) is 4.98 Å². The number of aryl methyl sites for hydroxylation is 2. The molecule has 1 atom stereocenters. The normalized spacial score (nSPS) is 16.6. The van der Waals surface area contributed by atoms with Crippen molar-refractivity contribution in [2.45, 2.75) is 32.7 Å². The Balaban J connectivity index is 1.74. The van der Waals surface area contributed by atoms with E-state index in [0.29, 0.717) is 13.0 Å². The summed E-state index contributed by atoms with van der Waals surface area (Å²) in [5.41, 5.74) is 8.34. The second-order valence-corrected chi connectivity index (χ2v) is 7.42. The standard InChI is InChI=1S/C22H21N5O/c1-13-6-7-14(2)15(9-13)21-17(11-24-26-21)16-10-20(28)23-12-18-22(16)27-8-4-3-5-19(27)25-18/h3-9,11,16H,10,12H2,1-2H3,(H,23,28)(H,24,26)/t16-/m0/s1. The Labute approximate surface area is 162 Å². The third-order valence-corrected chi connectivity index (χ3v) is 5.52. The monoisotopic (exact) mass is 371 g/mol. The van der Waals surface area contributed by atoms with Crippen LogP contribution in [0.3, 0.4) is 0 Å². The number of nitrogens with one attached hydrogen (secondary N) is 2. The molecular formula is C22H21N5O. The highest BCUT2D eigenvalue weighted by atomic mass is 16.1. The van der Waals surface area contributed by atoms with Gasteiger partial charge < -0.3 is 9.72 Å². The summed E-state index contributed by atoms with van der Waals surface area (Å²) < 4.78 is 2.10. The van der Waals surface area contributed by atoms with E-state index in [9.17, 15) is 4.79 Å². The molecule has 28 heavy (non-hydrogen) atoms. The number of rotatable bonds is 2. The van der Waals surface area contributed by atoms with Crippen molar-refractivity contribution in [3.05, 3.63) is 76.9 Å². The van der Waals surface area contributed by atoms with E-state index < -0.39 is 0 Å². The minimum absolute atomic E-state index is 0.0285. The molecule has 140 valence electrons. The average molecular weight is 371 g/mol. The third-order valence-electron chi connectivity index (χ3n) is 5.52. The first-order chi connectivity index (χ1) is 13.6. The fraction of sp³-hybridized carbons (Fsp3) is 0.227. The lowest BCUT2D eigenvalue weighted by atomic mass is 9.88. The number of carbonyl (C=O) groups excluding carboxylic acids is 1. The molecular weight excluding hydrogens is 350 g/mol. The van der Waals surface area contributed by atoms with Gasteiger partial charge in [0, 0.05) is 29.7 Å². The van der Waals surface area contributed by atoms with Crippen molar-refractivity contribution >= 4 is 11.6 Å². The second kappa shape index (κ2) is 6.34. The number of amides is 1. The van der Waals surface area contributed by atoms with Crippen LogP contribution < -0.4 is 5.32 Å². The minimum Gasteiger partial charge on any atom is -0.350 e. The van der Waals surface area contributed by atoms with Gasteiger partial charge >= 0.3 is 0 Å². The highest BCUT2D eigenvalue weighted by Crippen LogP contribution is 2.38. The largest absolute Gasteiger partial charge is 0.350 e. The van der Waals surface area contributed by atoms with Gasteiger partial charge in [0.15, 0.2) is 0 Å². The lowest BCUT2D eigenvalue weighted by Crippen LogP contribution is -2.21. The minimum atomic E-state index is -0.122. The second-order valence-electron chi connectivity index (χ2n) is 7.42. The van der Waals surface area contributed by atoms with Crippen LogP contribution in [-0.4, -0.2) is 25.5 Å². The van der Waals surface area contributed by atoms with Crippen LogP contribution in [0.25, 0.3) is 16.9 Å². The van der Waals surface area contributed by atoms with Gasteiger partial charge in [-0.15, -0.1) is 0 Å².